The molecule has 208 valence electrons. The molecule has 0 atom stereocenters. The number of rotatable bonds is 6. The smallest absolute Gasteiger partial charge is 0.0547 e. The molecule has 0 bridgehead atoms. The van der Waals surface area contributed by atoms with Gasteiger partial charge in [-0.1, -0.05) is 121 Å². The predicted octanol–water partition coefficient (Wildman–Crippen LogP) is 11.6. The molecule has 0 N–H and O–H groups in total. The minimum absolute atomic E-state index is 1.11. The molecule has 44 heavy (non-hydrogen) atoms. The van der Waals surface area contributed by atoms with Crippen LogP contribution in [0.25, 0.3) is 49.7 Å². The van der Waals surface area contributed by atoms with Crippen LogP contribution < -0.4 is 4.90 Å². The molecular formula is C42H30N2. The number of hydrogen-bond acceptors (Lipinski definition) is 1. The Bertz CT molecular complexity index is 2210. The standard InChI is InChI=1S/C42H30N2/c1-4-15-31(16-5-1)32-17-12-23-36(29-32)43(34-19-6-2-7-20-34)37-24-13-18-33(30-37)38-26-14-28-41-42(38)39-25-10-11-27-40(39)44(41)35-21-8-3-9-22-35/h1-30H. The van der Waals surface area contributed by atoms with E-state index in [0.29, 0.717) is 0 Å². The Kier molecular flexibility index (Phi) is 6.51. The summed E-state index contributed by atoms with van der Waals surface area (Å²) >= 11 is 0. The lowest BCUT2D eigenvalue weighted by Crippen LogP contribution is -2.10. The molecule has 1 aromatic heterocycles. The molecule has 0 saturated heterocycles. The Morgan fingerprint density at radius 3 is 1.64 bits per heavy atom. The Hall–Kier alpha value is -5.86. The van der Waals surface area contributed by atoms with Gasteiger partial charge in [0.25, 0.3) is 0 Å². The lowest BCUT2D eigenvalue weighted by atomic mass is 9.98. The maximum Gasteiger partial charge on any atom is 0.0547 e. The molecule has 0 unspecified atom stereocenters. The van der Waals surface area contributed by atoms with Crippen LogP contribution in [0, 0.1) is 0 Å². The average molecular weight is 563 g/mol. The van der Waals surface area contributed by atoms with Crippen molar-refractivity contribution in [3.05, 3.63) is 182 Å². The van der Waals surface area contributed by atoms with Crippen molar-refractivity contribution in [1.29, 1.82) is 0 Å². The SMILES string of the molecule is c1ccc(-c2cccc(N(c3ccccc3)c3cccc(-c4cccc5c4c4ccccc4n5-c4ccccc4)c3)c2)cc1. The maximum atomic E-state index is 2.38. The number of hydrogen-bond donors (Lipinski definition) is 0. The Morgan fingerprint density at radius 2 is 0.886 bits per heavy atom. The minimum atomic E-state index is 1.11. The van der Waals surface area contributed by atoms with Crippen LogP contribution in [0.15, 0.2) is 182 Å². The van der Waals surface area contributed by atoms with E-state index in [9.17, 15) is 0 Å². The highest BCUT2D eigenvalue weighted by Crippen LogP contribution is 2.41. The van der Waals surface area contributed by atoms with Crippen molar-refractivity contribution in [1.82, 2.24) is 4.57 Å². The second kappa shape index (κ2) is 11.1. The van der Waals surface area contributed by atoms with Crippen LogP contribution in [0.1, 0.15) is 0 Å². The number of para-hydroxylation sites is 3. The summed E-state index contributed by atoms with van der Waals surface area (Å²) in [6.07, 6.45) is 0. The van der Waals surface area contributed by atoms with Gasteiger partial charge >= 0.3 is 0 Å². The summed E-state index contributed by atoms with van der Waals surface area (Å²) in [5.41, 5.74) is 11.7. The highest BCUT2D eigenvalue weighted by molar-refractivity contribution is 6.15. The molecule has 0 aliphatic carbocycles. The van der Waals surface area contributed by atoms with Crippen molar-refractivity contribution in [2.75, 3.05) is 4.90 Å². The summed E-state index contributed by atoms with van der Waals surface area (Å²) in [6, 6.07) is 65.0. The number of anilines is 3. The first kappa shape index (κ1) is 25.8. The Balaban J connectivity index is 1.32. The van der Waals surface area contributed by atoms with E-state index in [4.69, 9.17) is 0 Å². The zero-order valence-corrected chi connectivity index (χ0v) is 24.2. The first-order valence-corrected chi connectivity index (χ1v) is 15.0. The highest BCUT2D eigenvalue weighted by Gasteiger charge is 2.18. The van der Waals surface area contributed by atoms with E-state index in [-0.39, 0.29) is 0 Å². The summed E-state index contributed by atoms with van der Waals surface area (Å²) in [6.45, 7) is 0. The van der Waals surface area contributed by atoms with Crippen LogP contribution in [-0.4, -0.2) is 4.57 Å². The first-order chi connectivity index (χ1) is 21.8. The Labute approximate surface area is 257 Å². The molecule has 7 aromatic carbocycles. The molecule has 8 rings (SSSR count). The zero-order chi connectivity index (χ0) is 29.3. The molecule has 0 saturated carbocycles. The third kappa shape index (κ3) is 4.54. The number of benzene rings is 7. The van der Waals surface area contributed by atoms with Gasteiger partial charge in [-0.25, -0.2) is 0 Å². The second-order valence-electron chi connectivity index (χ2n) is 11.0. The van der Waals surface area contributed by atoms with E-state index in [1.165, 1.54) is 44.1 Å². The monoisotopic (exact) mass is 562 g/mol. The van der Waals surface area contributed by atoms with Crippen molar-refractivity contribution >= 4 is 38.9 Å². The van der Waals surface area contributed by atoms with Gasteiger partial charge in [-0.15, -0.1) is 0 Å². The summed E-state index contributed by atoms with van der Waals surface area (Å²) in [5.74, 6) is 0. The third-order valence-electron chi connectivity index (χ3n) is 8.35. The molecule has 0 radical (unpaired) electrons. The van der Waals surface area contributed by atoms with E-state index < -0.39 is 0 Å². The highest BCUT2D eigenvalue weighted by atomic mass is 15.1. The number of fused-ring (bicyclic) bond motifs is 3. The molecule has 0 amide bonds. The first-order valence-electron chi connectivity index (χ1n) is 15.0. The van der Waals surface area contributed by atoms with Crippen molar-refractivity contribution in [2.24, 2.45) is 0 Å². The van der Waals surface area contributed by atoms with Gasteiger partial charge in [-0.3, -0.25) is 0 Å². The van der Waals surface area contributed by atoms with E-state index in [2.05, 4.69) is 191 Å². The van der Waals surface area contributed by atoms with E-state index >= 15 is 0 Å². The van der Waals surface area contributed by atoms with E-state index in [1.807, 2.05) is 0 Å². The molecule has 8 aromatic rings. The third-order valence-corrected chi connectivity index (χ3v) is 8.35. The fourth-order valence-electron chi connectivity index (χ4n) is 6.41. The van der Waals surface area contributed by atoms with Crippen molar-refractivity contribution in [3.63, 3.8) is 0 Å². The van der Waals surface area contributed by atoms with Crippen LogP contribution in [0.2, 0.25) is 0 Å². The largest absolute Gasteiger partial charge is 0.310 e. The molecule has 2 nitrogen and oxygen atoms in total. The number of aromatic nitrogens is 1. The van der Waals surface area contributed by atoms with Gasteiger partial charge in [0.05, 0.1) is 11.0 Å². The lowest BCUT2D eigenvalue weighted by molar-refractivity contribution is 1.18. The van der Waals surface area contributed by atoms with Gasteiger partial charge in [-0.05, 0) is 82.9 Å². The van der Waals surface area contributed by atoms with Gasteiger partial charge < -0.3 is 9.47 Å². The molecule has 0 spiro atoms. The molecule has 0 fully saturated rings. The Morgan fingerprint density at radius 1 is 0.364 bits per heavy atom. The van der Waals surface area contributed by atoms with E-state index in [0.717, 1.165) is 22.7 Å². The summed E-state index contributed by atoms with van der Waals surface area (Å²) < 4.78 is 2.38. The normalized spacial score (nSPS) is 11.2. The maximum absolute atomic E-state index is 2.38. The van der Waals surface area contributed by atoms with Crippen molar-refractivity contribution in [3.8, 4) is 27.9 Å². The summed E-state index contributed by atoms with van der Waals surface area (Å²) in [5, 5.41) is 2.52. The average Bonchev–Trinajstić information content (AvgIpc) is 3.45. The summed E-state index contributed by atoms with van der Waals surface area (Å²) in [4.78, 5) is 2.35. The lowest BCUT2D eigenvalue weighted by Gasteiger charge is -2.26. The number of nitrogens with zero attached hydrogens (tertiary/aromatic N) is 2. The molecule has 0 aliphatic heterocycles. The van der Waals surface area contributed by atoms with Gasteiger partial charge in [0.1, 0.15) is 0 Å². The fraction of sp³-hybridized carbons (Fsp3) is 0. The van der Waals surface area contributed by atoms with Crippen molar-refractivity contribution in [2.45, 2.75) is 0 Å². The fourth-order valence-corrected chi connectivity index (χ4v) is 6.41. The predicted molar refractivity (Wildman–Crippen MR) is 186 cm³/mol. The second-order valence-corrected chi connectivity index (χ2v) is 11.0. The quantitative estimate of drug-likeness (QED) is 0.196. The molecule has 1 heterocycles. The minimum Gasteiger partial charge on any atom is -0.310 e. The zero-order valence-electron chi connectivity index (χ0n) is 24.2. The molecule has 2 heteroatoms. The van der Waals surface area contributed by atoms with Crippen LogP contribution in [0.5, 0.6) is 0 Å². The van der Waals surface area contributed by atoms with Gasteiger partial charge in [-0.2, -0.15) is 0 Å². The topological polar surface area (TPSA) is 8.17 Å². The van der Waals surface area contributed by atoms with Crippen LogP contribution in [0.3, 0.4) is 0 Å². The van der Waals surface area contributed by atoms with E-state index in [1.54, 1.807) is 0 Å². The van der Waals surface area contributed by atoms with Gasteiger partial charge in [0, 0.05) is 33.5 Å². The van der Waals surface area contributed by atoms with Crippen LogP contribution >= 0.6 is 0 Å². The van der Waals surface area contributed by atoms with Gasteiger partial charge in [0.2, 0.25) is 0 Å². The molecule has 0 aliphatic rings. The van der Waals surface area contributed by atoms with Crippen molar-refractivity contribution < 1.29 is 0 Å². The van der Waals surface area contributed by atoms with Crippen LogP contribution in [0.4, 0.5) is 17.1 Å². The van der Waals surface area contributed by atoms with Gasteiger partial charge in [0.15, 0.2) is 0 Å². The molecular weight excluding hydrogens is 532 g/mol. The van der Waals surface area contributed by atoms with Crippen LogP contribution in [-0.2, 0) is 0 Å². The summed E-state index contributed by atoms with van der Waals surface area (Å²) in [7, 11) is 0.